The number of nitrogen functional groups attached to an aromatic ring is 1. The molecule has 0 spiro atoms. The van der Waals surface area contributed by atoms with E-state index in [1.165, 1.54) is 19.2 Å². The zero-order valence-corrected chi connectivity index (χ0v) is 11.5. The maximum atomic E-state index is 10.8. The van der Waals surface area contributed by atoms with E-state index in [2.05, 4.69) is 10.2 Å². The summed E-state index contributed by atoms with van der Waals surface area (Å²) in [5.74, 6) is 1.00. The average Bonchev–Trinajstić information content (AvgIpc) is 2.79. The van der Waals surface area contributed by atoms with Crippen LogP contribution in [0, 0.1) is 10.1 Å². The number of nitrogens with one attached hydrogen (secondary N) is 1. The third-order valence-corrected chi connectivity index (χ3v) is 3.08. The third-order valence-electron chi connectivity index (χ3n) is 3.08. The van der Waals surface area contributed by atoms with Crippen molar-refractivity contribution in [3.05, 3.63) is 33.9 Å². The number of benzene rings is 1. The summed E-state index contributed by atoms with van der Waals surface area (Å²) in [6.07, 6.45) is 0. The Morgan fingerprint density at radius 3 is 2.70 bits per heavy atom. The molecule has 0 aliphatic carbocycles. The molecule has 3 N–H and O–H groups in total. The summed E-state index contributed by atoms with van der Waals surface area (Å²) in [5.41, 5.74) is 8.13. The molecule has 0 aliphatic rings. The van der Waals surface area contributed by atoms with Crippen LogP contribution < -0.4 is 10.5 Å². The molecule has 0 saturated carbocycles. The molecule has 1 aromatic carbocycles. The summed E-state index contributed by atoms with van der Waals surface area (Å²) in [4.78, 5) is 10.3. The second-order valence-electron chi connectivity index (χ2n) is 4.69. The van der Waals surface area contributed by atoms with Crippen LogP contribution in [0.5, 0.6) is 5.75 Å². The number of non-ortho nitro benzene ring substituents is 1. The number of nitro benzene ring substituents is 1. The van der Waals surface area contributed by atoms with Gasteiger partial charge in [-0.3, -0.25) is 15.2 Å². The minimum absolute atomic E-state index is 0.0239. The molecule has 2 aromatic rings. The highest BCUT2D eigenvalue weighted by atomic mass is 16.6. The highest BCUT2D eigenvalue weighted by Crippen LogP contribution is 2.38. The molecule has 0 saturated heterocycles. The third kappa shape index (κ3) is 2.29. The van der Waals surface area contributed by atoms with Crippen LogP contribution in [0.25, 0.3) is 11.3 Å². The number of nitrogens with two attached hydrogens (primary N) is 1. The highest BCUT2D eigenvalue weighted by molar-refractivity contribution is 5.75. The number of aromatic amines is 1. The fourth-order valence-corrected chi connectivity index (χ4v) is 2.15. The number of methoxy groups -OCH3 is 1. The van der Waals surface area contributed by atoms with E-state index in [9.17, 15) is 10.1 Å². The number of hydrogen-bond donors (Lipinski definition) is 2. The van der Waals surface area contributed by atoms with Crippen LogP contribution in [0.4, 0.5) is 11.5 Å². The smallest absolute Gasteiger partial charge is 0.273 e. The van der Waals surface area contributed by atoms with Gasteiger partial charge in [0.2, 0.25) is 0 Å². The van der Waals surface area contributed by atoms with Crippen molar-refractivity contribution >= 4 is 11.5 Å². The van der Waals surface area contributed by atoms with Gasteiger partial charge in [-0.25, -0.2) is 0 Å². The topological polar surface area (TPSA) is 107 Å². The summed E-state index contributed by atoms with van der Waals surface area (Å²) in [7, 11) is 1.47. The van der Waals surface area contributed by atoms with Gasteiger partial charge in [0, 0.05) is 17.2 Å². The van der Waals surface area contributed by atoms with E-state index >= 15 is 0 Å². The molecule has 20 heavy (non-hydrogen) atoms. The van der Waals surface area contributed by atoms with Crippen LogP contribution in [0.1, 0.15) is 25.3 Å². The highest BCUT2D eigenvalue weighted by Gasteiger charge is 2.20. The molecule has 7 heteroatoms. The van der Waals surface area contributed by atoms with Crippen molar-refractivity contribution in [3.8, 4) is 17.0 Å². The van der Waals surface area contributed by atoms with Gasteiger partial charge in [-0.15, -0.1) is 0 Å². The van der Waals surface area contributed by atoms with E-state index in [4.69, 9.17) is 10.5 Å². The molecule has 2 rings (SSSR count). The van der Waals surface area contributed by atoms with Crippen LogP contribution in [-0.4, -0.2) is 22.2 Å². The first kappa shape index (κ1) is 13.9. The van der Waals surface area contributed by atoms with Crippen molar-refractivity contribution in [3.63, 3.8) is 0 Å². The Morgan fingerprint density at radius 1 is 1.45 bits per heavy atom. The molecule has 7 nitrogen and oxygen atoms in total. The van der Waals surface area contributed by atoms with E-state index in [0.717, 1.165) is 11.3 Å². The number of anilines is 1. The Morgan fingerprint density at radius 2 is 2.15 bits per heavy atom. The molecular weight excluding hydrogens is 260 g/mol. The van der Waals surface area contributed by atoms with Crippen LogP contribution in [0.3, 0.4) is 0 Å². The fourth-order valence-electron chi connectivity index (χ4n) is 2.15. The van der Waals surface area contributed by atoms with E-state index < -0.39 is 4.92 Å². The zero-order valence-electron chi connectivity index (χ0n) is 11.5. The number of nitro groups is 1. The second-order valence-corrected chi connectivity index (χ2v) is 4.69. The molecule has 0 atom stereocenters. The molecule has 0 fully saturated rings. The fraction of sp³-hybridized carbons (Fsp3) is 0.308. The molecule has 106 valence electrons. The maximum absolute atomic E-state index is 10.8. The molecule has 0 radical (unpaired) electrons. The number of aromatic nitrogens is 2. The minimum atomic E-state index is -0.461. The molecule has 0 bridgehead atoms. The summed E-state index contributed by atoms with van der Waals surface area (Å²) < 4.78 is 5.24. The standard InChI is InChI=1S/C13H16N4O3/c1-7(2)11-12(15-16-13(11)14)9-5-4-8(17(18)19)6-10(9)20-3/h4-7H,1-3H3,(H3,14,15,16). The first-order valence-electron chi connectivity index (χ1n) is 6.12. The number of ether oxygens (including phenoxy) is 1. The predicted molar refractivity (Wildman–Crippen MR) is 75.7 cm³/mol. The molecular formula is C13H16N4O3. The van der Waals surface area contributed by atoms with Crippen molar-refractivity contribution in [1.82, 2.24) is 10.2 Å². The maximum Gasteiger partial charge on any atom is 0.273 e. The monoisotopic (exact) mass is 276 g/mol. The van der Waals surface area contributed by atoms with Crippen molar-refractivity contribution in [2.45, 2.75) is 19.8 Å². The summed E-state index contributed by atoms with van der Waals surface area (Å²) in [5, 5.41) is 17.7. The minimum Gasteiger partial charge on any atom is -0.496 e. The van der Waals surface area contributed by atoms with Crippen LogP contribution in [0.15, 0.2) is 18.2 Å². The number of H-pyrrole nitrogens is 1. The molecule has 1 heterocycles. The average molecular weight is 276 g/mol. The van der Waals surface area contributed by atoms with Gasteiger partial charge in [-0.2, -0.15) is 5.10 Å². The van der Waals surface area contributed by atoms with E-state index in [-0.39, 0.29) is 11.6 Å². The van der Waals surface area contributed by atoms with Crippen LogP contribution >= 0.6 is 0 Å². The predicted octanol–water partition coefficient (Wildman–Crippen LogP) is 2.70. The lowest BCUT2D eigenvalue weighted by atomic mass is 9.98. The van der Waals surface area contributed by atoms with Gasteiger partial charge < -0.3 is 10.5 Å². The van der Waals surface area contributed by atoms with Gasteiger partial charge in [0.15, 0.2) is 0 Å². The van der Waals surface area contributed by atoms with Crippen LogP contribution in [-0.2, 0) is 0 Å². The van der Waals surface area contributed by atoms with Crippen molar-refractivity contribution in [2.24, 2.45) is 0 Å². The van der Waals surface area contributed by atoms with Gasteiger partial charge in [-0.1, -0.05) is 13.8 Å². The van der Waals surface area contributed by atoms with Crippen molar-refractivity contribution < 1.29 is 9.66 Å². The second kappa shape index (κ2) is 5.20. The SMILES string of the molecule is COc1cc([N+](=O)[O-])ccc1-c1[nH]nc(N)c1C(C)C. The lowest BCUT2D eigenvalue weighted by Gasteiger charge is -2.11. The lowest BCUT2D eigenvalue weighted by Crippen LogP contribution is -1.97. The number of hydrogen-bond acceptors (Lipinski definition) is 5. The van der Waals surface area contributed by atoms with Crippen molar-refractivity contribution in [2.75, 3.05) is 12.8 Å². The largest absolute Gasteiger partial charge is 0.496 e. The Hall–Kier alpha value is -2.57. The normalized spacial score (nSPS) is 10.8. The Balaban J connectivity index is 2.61. The van der Waals surface area contributed by atoms with Gasteiger partial charge in [0.05, 0.1) is 23.8 Å². The van der Waals surface area contributed by atoms with E-state index in [0.29, 0.717) is 17.1 Å². The van der Waals surface area contributed by atoms with Gasteiger partial charge >= 0.3 is 0 Å². The molecule has 1 aromatic heterocycles. The quantitative estimate of drug-likeness (QED) is 0.659. The molecule has 0 amide bonds. The summed E-state index contributed by atoms with van der Waals surface area (Å²) >= 11 is 0. The van der Waals surface area contributed by atoms with Gasteiger partial charge in [0.25, 0.3) is 5.69 Å². The van der Waals surface area contributed by atoms with E-state index in [1.807, 2.05) is 13.8 Å². The van der Waals surface area contributed by atoms with Crippen molar-refractivity contribution in [1.29, 1.82) is 0 Å². The number of nitrogens with zero attached hydrogens (tertiary/aromatic N) is 2. The number of rotatable bonds is 4. The summed E-state index contributed by atoms with van der Waals surface area (Å²) in [6, 6.07) is 4.45. The first-order valence-corrected chi connectivity index (χ1v) is 6.12. The molecule has 0 aliphatic heterocycles. The lowest BCUT2D eigenvalue weighted by molar-refractivity contribution is -0.384. The van der Waals surface area contributed by atoms with E-state index in [1.54, 1.807) is 6.07 Å². The Bertz CT molecular complexity index is 649. The zero-order chi connectivity index (χ0) is 14.9. The Kier molecular flexibility index (Phi) is 3.60. The van der Waals surface area contributed by atoms with Crippen LogP contribution in [0.2, 0.25) is 0 Å². The molecule has 0 unspecified atom stereocenters. The Labute approximate surface area is 115 Å². The summed E-state index contributed by atoms with van der Waals surface area (Å²) in [6.45, 7) is 4.01. The van der Waals surface area contributed by atoms with Gasteiger partial charge in [0.1, 0.15) is 11.6 Å². The van der Waals surface area contributed by atoms with Gasteiger partial charge in [-0.05, 0) is 12.0 Å². The first-order chi connectivity index (χ1) is 9.45.